The number of nitrogens with one attached hydrogen (secondary N) is 3. The molecule has 5 rings (SSSR count). The first-order valence-electron chi connectivity index (χ1n) is 12.8. The number of hydrogen-bond acceptors (Lipinski definition) is 7. The molecule has 5 N–H and O–H groups in total. The van der Waals surface area contributed by atoms with Crippen LogP contribution in [0, 0.1) is 0 Å². The van der Waals surface area contributed by atoms with Crippen LogP contribution in [0.5, 0.6) is 0 Å². The number of carbonyl (C=O) groups excluding carboxylic acids is 2. The SMILES string of the molecule is CNC(=O)c1cnc2[nH]cc(-c3ccc4ncc(N)c(N5CCC[C@H](NC(=O)OC(C)(C)C)C5)c4c3)c2c1. The maximum atomic E-state index is 12.4. The third kappa shape index (κ3) is 5.06. The van der Waals surface area contributed by atoms with Gasteiger partial charge in [0.05, 0.1) is 28.7 Å². The molecular formula is C28H33N7O3. The lowest BCUT2D eigenvalue weighted by molar-refractivity contribution is 0.0500. The van der Waals surface area contributed by atoms with Gasteiger partial charge in [-0.2, -0.15) is 0 Å². The van der Waals surface area contributed by atoms with Crippen LogP contribution >= 0.6 is 0 Å². The Morgan fingerprint density at radius 2 is 1.97 bits per heavy atom. The van der Waals surface area contributed by atoms with Crippen LogP contribution in [-0.2, 0) is 4.74 Å². The highest BCUT2D eigenvalue weighted by Gasteiger charge is 2.26. The van der Waals surface area contributed by atoms with Crippen LogP contribution in [0.1, 0.15) is 44.0 Å². The Balaban J connectivity index is 1.50. The van der Waals surface area contributed by atoms with E-state index >= 15 is 0 Å². The maximum Gasteiger partial charge on any atom is 0.407 e. The van der Waals surface area contributed by atoms with Gasteiger partial charge in [-0.3, -0.25) is 9.78 Å². The average molecular weight is 516 g/mol. The van der Waals surface area contributed by atoms with Gasteiger partial charge in [0.15, 0.2) is 0 Å². The Morgan fingerprint density at radius 1 is 1.16 bits per heavy atom. The van der Waals surface area contributed by atoms with Gasteiger partial charge in [-0.15, -0.1) is 0 Å². The van der Waals surface area contributed by atoms with Gasteiger partial charge in [-0.1, -0.05) is 6.07 Å². The molecule has 0 spiro atoms. The Hall–Kier alpha value is -4.34. The second-order valence-electron chi connectivity index (χ2n) is 10.6. The second kappa shape index (κ2) is 9.85. The highest BCUT2D eigenvalue weighted by molar-refractivity contribution is 6.04. The third-order valence-electron chi connectivity index (χ3n) is 6.66. The minimum Gasteiger partial charge on any atom is -0.444 e. The number of fused-ring (bicyclic) bond motifs is 2. The van der Waals surface area contributed by atoms with E-state index in [2.05, 4.69) is 36.6 Å². The normalized spacial score (nSPS) is 16.0. The number of nitrogens with two attached hydrogens (primary N) is 1. The van der Waals surface area contributed by atoms with Crippen LogP contribution in [0.3, 0.4) is 0 Å². The molecule has 0 bridgehead atoms. The van der Waals surface area contributed by atoms with E-state index in [0.29, 0.717) is 23.4 Å². The van der Waals surface area contributed by atoms with Gasteiger partial charge in [0.1, 0.15) is 11.2 Å². The van der Waals surface area contributed by atoms with Gasteiger partial charge in [0.2, 0.25) is 0 Å². The summed E-state index contributed by atoms with van der Waals surface area (Å²) < 4.78 is 5.46. The van der Waals surface area contributed by atoms with Crippen molar-refractivity contribution in [1.29, 1.82) is 0 Å². The summed E-state index contributed by atoms with van der Waals surface area (Å²) in [6.45, 7) is 6.98. The van der Waals surface area contributed by atoms with Crippen molar-refractivity contribution in [3.63, 3.8) is 0 Å². The van der Waals surface area contributed by atoms with Gasteiger partial charge in [0.25, 0.3) is 5.91 Å². The fourth-order valence-electron chi connectivity index (χ4n) is 5.00. The monoisotopic (exact) mass is 515 g/mol. The molecule has 4 heterocycles. The molecule has 0 radical (unpaired) electrons. The minimum atomic E-state index is -0.556. The highest BCUT2D eigenvalue weighted by atomic mass is 16.6. The lowest BCUT2D eigenvalue weighted by Crippen LogP contribution is -2.49. The number of nitrogen functional groups attached to an aromatic ring is 1. The molecule has 1 aliphatic rings. The lowest BCUT2D eigenvalue weighted by Gasteiger charge is -2.36. The zero-order chi connectivity index (χ0) is 27.0. The number of amides is 2. The van der Waals surface area contributed by atoms with E-state index in [4.69, 9.17) is 10.5 Å². The predicted molar refractivity (Wildman–Crippen MR) is 149 cm³/mol. The molecule has 10 heteroatoms. The summed E-state index contributed by atoms with van der Waals surface area (Å²) in [6, 6.07) is 7.84. The average Bonchev–Trinajstić information content (AvgIpc) is 3.30. The van der Waals surface area contributed by atoms with E-state index in [1.54, 1.807) is 19.4 Å². The van der Waals surface area contributed by atoms with E-state index < -0.39 is 11.7 Å². The number of piperidine rings is 1. The van der Waals surface area contributed by atoms with Crippen molar-refractivity contribution in [2.45, 2.75) is 45.3 Å². The first-order chi connectivity index (χ1) is 18.1. The molecule has 1 saturated heterocycles. The molecule has 38 heavy (non-hydrogen) atoms. The van der Waals surface area contributed by atoms with Crippen molar-refractivity contribution in [2.24, 2.45) is 0 Å². The fourth-order valence-corrected chi connectivity index (χ4v) is 5.00. The number of rotatable bonds is 4. The number of alkyl carbamates (subject to hydrolysis) is 1. The Labute approximate surface area is 221 Å². The van der Waals surface area contributed by atoms with Crippen LogP contribution in [0.4, 0.5) is 16.2 Å². The number of benzene rings is 1. The summed E-state index contributed by atoms with van der Waals surface area (Å²) in [5.74, 6) is -0.191. The molecule has 1 atom stereocenters. The number of aromatic amines is 1. The first-order valence-corrected chi connectivity index (χ1v) is 12.8. The van der Waals surface area contributed by atoms with E-state index in [9.17, 15) is 9.59 Å². The molecule has 2 amide bonds. The first kappa shape index (κ1) is 25.3. The smallest absolute Gasteiger partial charge is 0.407 e. The fraction of sp³-hybridized carbons (Fsp3) is 0.357. The van der Waals surface area contributed by atoms with E-state index in [1.165, 1.54) is 0 Å². The Kier molecular flexibility index (Phi) is 6.56. The zero-order valence-electron chi connectivity index (χ0n) is 22.1. The van der Waals surface area contributed by atoms with Crippen LogP contribution in [0.2, 0.25) is 0 Å². The Bertz CT molecular complexity index is 1520. The van der Waals surface area contributed by atoms with Crippen molar-refractivity contribution < 1.29 is 14.3 Å². The number of pyridine rings is 2. The number of nitrogens with zero attached hydrogens (tertiary/aromatic N) is 3. The molecule has 1 aromatic carbocycles. The molecule has 3 aromatic heterocycles. The maximum absolute atomic E-state index is 12.4. The molecular weight excluding hydrogens is 482 g/mol. The van der Waals surface area contributed by atoms with Crippen molar-refractivity contribution >= 4 is 45.3 Å². The van der Waals surface area contributed by atoms with Crippen molar-refractivity contribution in [1.82, 2.24) is 25.6 Å². The van der Waals surface area contributed by atoms with Crippen molar-refractivity contribution in [2.75, 3.05) is 30.8 Å². The quantitative estimate of drug-likeness (QED) is 0.319. The number of carbonyl (C=O) groups is 2. The Morgan fingerprint density at radius 3 is 2.74 bits per heavy atom. The second-order valence-corrected chi connectivity index (χ2v) is 10.6. The summed E-state index contributed by atoms with van der Waals surface area (Å²) in [4.78, 5) is 39.0. The molecule has 10 nitrogen and oxygen atoms in total. The van der Waals surface area contributed by atoms with Gasteiger partial charge in [0, 0.05) is 54.9 Å². The summed E-state index contributed by atoms with van der Waals surface area (Å²) in [5, 5.41) is 7.43. The van der Waals surface area contributed by atoms with Gasteiger partial charge >= 0.3 is 6.09 Å². The molecule has 0 saturated carbocycles. The molecule has 198 valence electrons. The van der Waals surface area contributed by atoms with Gasteiger partial charge < -0.3 is 31.0 Å². The summed E-state index contributed by atoms with van der Waals surface area (Å²) in [6.07, 6.45) is 6.49. The summed E-state index contributed by atoms with van der Waals surface area (Å²) in [7, 11) is 1.60. The topological polar surface area (TPSA) is 138 Å². The van der Waals surface area contributed by atoms with Crippen LogP contribution in [-0.4, -0.2) is 58.7 Å². The molecule has 4 aromatic rings. The molecule has 1 aliphatic heterocycles. The molecule has 1 fully saturated rings. The zero-order valence-corrected chi connectivity index (χ0v) is 22.1. The van der Waals surface area contributed by atoms with E-state index in [1.807, 2.05) is 45.2 Å². The largest absolute Gasteiger partial charge is 0.444 e. The predicted octanol–water partition coefficient (Wildman–Crippen LogP) is 4.21. The van der Waals surface area contributed by atoms with Crippen molar-refractivity contribution in [3.05, 3.63) is 48.4 Å². The number of anilines is 2. The number of aromatic nitrogens is 3. The lowest BCUT2D eigenvalue weighted by atomic mass is 9.99. The van der Waals surface area contributed by atoms with Gasteiger partial charge in [-0.25, -0.2) is 9.78 Å². The number of H-pyrrole nitrogens is 1. The minimum absolute atomic E-state index is 0.0628. The number of hydrogen-bond donors (Lipinski definition) is 4. The van der Waals surface area contributed by atoms with Crippen LogP contribution in [0.15, 0.2) is 42.9 Å². The van der Waals surface area contributed by atoms with Gasteiger partial charge in [-0.05, 0) is 57.4 Å². The summed E-state index contributed by atoms with van der Waals surface area (Å²) >= 11 is 0. The molecule has 0 aliphatic carbocycles. The van der Waals surface area contributed by atoms with E-state index in [0.717, 1.165) is 52.5 Å². The van der Waals surface area contributed by atoms with Crippen molar-refractivity contribution in [3.8, 4) is 11.1 Å². The van der Waals surface area contributed by atoms with Crippen LogP contribution in [0.25, 0.3) is 33.1 Å². The molecule has 0 unspecified atom stereocenters. The number of ether oxygens (including phenoxy) is 1. The van der Waals surface area contributed by atoms with E-state index in [-0.39, 0.29) is 11.9 Å². The standard InChI is InChI=1S/C28H33N7O3/c1-28(2,3)38-27(37)34-18-6-5-9-35(15-18)24-20-10-16(7-8-23(20)31-14-22(24)29)21-13-33-25-19(21)11-17(12-32-25)26(36)30-4/h7-8,10-14,18H,5-6,9,15,29H2,1-4H3,(H,30,36)(H,32,33)(H,34,37)/t18-/m0/s1. The van der Waals surface area contributed by atoms with Crippen LogP contribution < -0.4 is 21.3 Å². The summed E-state index contributed by atoms with van der Waals surface area (Å²) in [5.41, 5.74) is 11.3. The third-order valence-corrected chi connectivity index (χ3v) is 6.66. The highest BCUT2D eigenvalue weighted by Crippen LogP contribution is 2.37.